The van der Waals surface area contributed by atoms with Crippen LogP contribution in [0.4, 0.5) is 0 Å². The van der Waals surface area contributed by atoms with Crippen LogP contribution in [0.25, 0.3) is 0 Å². The number of hydrogen-bond acceptors (Lipinski definition) is 11. The molecule has 0 amide bonds. The van der Waals surface area contributed by atoms with E-state index in [1.54, 1.807) is 11.8 Å². The van der Waals surface area contributed by atoms with Crippen molar-refractivity contribution in [3.8, 4) is 0 Å². The van der Waals surface area contributed by atoms with Gasteiger partial charge in [0, 0.05) is 11.8 Å². The van der Waals surface area contributed by atoms with Crippen molar-refractivity contribution in [3.63, 3.8) is 0 Å². The van der Waals surface area contributed by atoms with E-state index in [1.807, 2.05) is 11.9 Å². The van der Waals surface area contributed by atoms with Crippen molar-refractivity contribution in [2.75, 3.05) is 38.5 Å². The van der Waals surface area contributed by atoms with Gasteiger partial charge in [0.15, 0.2) is 0 Å². The predicted molar refractivity (Wildman–Crippen MR) is 98.8 cm³/mol. The highest BCUT2D eigenvalue weighted by Gasteiger charge is 2.52. The Labute approximate surface area is 158 Å². The molecule has 0 saturated carbocycles. The fraction of sp³-hybridized carbons (Fsp3) is 1.00. The fourth-order valence-corrected chi connectivity index (χ4v) is 4.98. The third-order valence-electron chi connectivity index (χ3n) is 5.40. The van der Waals surface area contributed by atoms with Crippen molar-refractivity contribution in [1.29, 1.82) is 0 Å². The van der Waals surface area contributed by atoms with Gasteiger partial charge in [0.1, 0.15) is 18.4 Å². The highest BCUT2D eigenvalue weighted by Crippen LogP contribution is 2.31. The Kier molecular flexibility index (Phi) is 7.13. The van der Waals surface area contributed by atoms with Crippen LogP contribution < -0.4 is 22.1 Å². The zero-order valence-corrected chi connectivity index (χ0v) is 15.9. The van der Waals surface area contributed by atoms with Crippen LogP contribution in [0.5, 0.6) is 0 Å². The summed E-state index contributed by atoms with van der Waals surface area (Å²) in [6, 6.07) is -0.197. The molecule has 3 saturated heterocycles. The Bertz CT molecular complexity index is 466. The number of ether oxygens (including phenoxy) is 1. The minimum atomic E-state index is -0.972. The lowest BCUT2D eigenvalue weighted by Crippen LogP contribution is -2.68. The summed E-state index contributed by atoms with van der Waals surface area (Å²) in [6.45, 7) is 1.16. The molecule has 8 atom stereocenters. The summed E-state index contributed by atoms with van der Waals surface area (Å²) in [5, 5.41) is 36.5. The molecule has 9 N–H and O–H groups in total. The molecule has 11 heteroatoms. The molecule has 0 aromatic rings. The maximum absolute atomic E-state index is 10.5. The van der Waals surface area contributed by atoms with Crippen LogP contribution in [0.3, 0.4) is 0 Å². The molecule has 3 rings (SSSR count). The van der Waals surface area contributed by atoms with Gasteiger partial charge in [0.05, 0.1) is 44.4 Å². The Balaban J connectivity index is 1.56. The molecule has 3 aliphatic heterocycles. The van der Waals surface area contributed by atoms with Crippen molar-refractivity contribution in [3.05, 3.63) is 0 Å². The van der Waals surface area contributed by atoms with Gasteiger partial charge in [-0.1, -0.05) is 0 Å². The van der Waals surface area contributed by atoms with Gasteiger partial charge in [-0.3, -0.25) is 15.5 Å². The third-order valence-corrected chi connectivity index (χ3v) is 6.49. The number of hydrogen-bond donors (Lipinski definition) is 7. The second-order valence-electron chi connectivity index (χ2n) is 7.31. The first kappa shape index (κ1) is 20.7. The van der Waals surface area contributed by atoms with Gasteiger partial charge in [-0.2, -0.15) is 11.8 Å². The lowest BCUT2D eigenvalue weighted by Gasteiger charge is -2.43. The van der Waals surface area contributed by atoms with Gasteiger partial charge >= 0.3 is 0 Å². The molecule has 152 valence electrons. The molecular weight excluding hydrogens is 360 g/mol. The van der Waals surface area contributed by atoms with Gasteiger partial charge in [0.25, 0.3) is 0 Å². The number of aliphatic hydroxyl groups is 3. The van der Waals surface area contributed by atoms with E-state index in [0.717, 1.165) is 5.75 Å². The van der Waals surface area contributed by atoms with Gasteiger partial charge in [0.2, 0.25) is 0 Å². The van der Waals surface area contributed by atoms with Crippen molar-refractivity contribution in [2.45, 2.75) is 55.4 Å². The van der Waals surface area contributed by atoms with Crippen molar-refractivity contribution >= 4 is 11.8 Å². The molecule has 0 aliphatic carbocycles. The van der Waals surface area contributed by atoms with Crippen molar-refractivity contribution in [1.82, 2.24) is 20.4 Å². The first-order valence-corrected chi connectivity index (χ1v) is 10.2. The molecule has 10 nitrogen and oxygen atoms in total. The maximum Gasteiger partial charge on any atom is 0.142 e. The van der Waals surface area contributed by atoms with Gasteiger partial charge in [-0.05, 0) is 19.2 Å². The normalized spacial score (nSPS) is 42.9. The second kappa shape index (κ2) is 8.97. The summed E-state index contributed by atoms with van der Waals surface area (Å²) in [4.78, 5) is 4.15. The third kappa shape index (κ3) is 4.18. The molecule has 0 aromatic carbocycles. The second-order valence-corrected chi connectivity index (χ2v) is 8.46. The topological polar surface area (TPSA) is 152 Å². The molecular formula is C15H32N6O4S. The SMILES string of the molecule is CN1CNC(N)C2NCN([C@@H]3O[C@H](CSCC[C@@H](N)CO)[C@@H](O)[C@H]3O)C21. The van der Waals surface area contributed by atoms with Crippen LogP contribution in [0.2, 0.25) is 0 Å². The molecule has 3 heterocycles. The van der Waals surface area contributed by atoms with E-state index in [1.165, 1.54) is 0 Å². The van der Waals surface area contributed by atoms with E-state index >= 15 is 0 Å². The van der Waals surface area contributed by atoms with Gasteiger partial charge < -0.3 is 31.5 Å². The molecule has 3 unspecified atom stereocenters. The number of likely N-dealkylation sites (N-methyl/N-ethyl adjacent to an activating group) is 1. The average Bonchev–Trinajstić information content (AvgIpc) is 3.19. The molecule has 0 aromatic heterocycles. The number of rotatable bonds is 7. The summed E-state index contributed by atoms with van der Waals surface area (Å²) < 4.78 is 6.03. The first-order valence-electron chi connectivity index (χ1n) is 9.08. The van der Waals surface area contributed by atoms with E-state index in [-0.39, 0.29) is 31.0 Å². The van der Waals surface area contributed by atoms with Crippen LogP contribution in [0.15, 0.2) is 0 Å². The monoisotopic (exact) mass is 392 g/mol. The predicted octanol–water partition coefficient (Wildman–Crippen LogP) is -3.79. The summed E-state index contributed by atoms with van der Waals surface area (Å²) in [5.74, 6) is 1.34. The van der Waals surface area contributed by atoms with E-state index < -0.39 is 24.5 Å². The molecule has 3 aliphatic rings. The summed E-state index contributed by atoms with van der Waals surface area (Å²) in [5.41, 5.74) is 11.8. The highest BCUT2D eigenvalue weighted by molar-refractivity contribution is 7.99. The van der Waals surface area contributed by atoms with Crippen LogP contribution in [0.1, 0.15) is 6.42 Å². The molecule has 3 fully saturated rings. The summed E-state index contributed by atoms with van der Waals surface area (Å²) in [6.07, 6.45) is -2.40. The lowest BCUT2D eigenvalue weighted by atomic mass is 10.1. The Morgan fingerprint density at radius 3 is 2.77 bits per heavy atom. The number of nitrogens with one attached hydrogen (secondary N) is 2. The van der Waals surface area contributed by atoms with Crippen LogP contribution >= 0.6 is 11.8 Å². The van der Waals surface area contributed by atoms with Gasteiger partial charge in [-0.15, -0.1) is 0 Å². The highest BCUT2D eigenvalue weighted by atomic mass is 32.2. The number of nitrogens with zero attached hydrogens (tertiary/aromatic N) is 2. The minimum absolute atomic E-state index is 0.00736. The molecule has 0 spiro atoms. The lowest BCUT2D eigenvalue weighted by molar-refractivity contribution is -0.122. The van der Waals surface area contributed by atoms with Crippen LogP contribution in [0, 0.1) is 0 Å². The Morgan fingerprint density at radius 2 is 2.04 bits per heavy atom. The molecule has 26 heavy (non-hydrogen) atoms. The van der Waals surface area contributed by atoms with Crippen LogP contribution in [-0.4, -0.2) is 113 Å². The minimum Gasteiger partial charge on any atom is -0.395 e. The smallest absolute Gasteiger partial charge is 0.142 e. The van der Waals surface area contributed by atoms with Crippen LogP contribution in [-0.2, 0) is 4.74 Å². The Hall–Kier alpha value is -0.0500. The first-order chi connectivity index (χ1) is 12.4. The quantitative estimate of drug-likeness (QED) is 0.214. The average molecular weight is 393 g/mol. The summed E-state index contributed by atoms with van der Waals surface area (Å²) in [7, 11) is 1.99. The van der Waals surface area contributed by atoms with E-state index in [0.29, 0.717) is 25.5 Å². The number of fused-ring (bicyclic) bond motifs is 1. The molecule has 0 bridgehead atoms. The standard InChI is InChI=1S/C15H32N6O4S/c1-20-6-19-13(17)10-14(20)21(7-18-10)15-12(24)11(23)9(25-15)5-26-3-2-8(16)4-22/h8-15,18-19,22-24H,2-7,16-17H2,1H3/t8-,9-,10?,11-,12-,13?,14?,15-/m1/s1. The van der Waals surface area contributed by atoms with E-state index in [4.69, 9.17) is 21.3 Å². The van der Waals surface area contributed by atoms with E-state index in [9.17, 15) is 10.2 Å². The fourth-order valence-electron chi connectivity index (χ4n) is 3.83. The number of aliphatic hydroxyl groups excluding tert-OH is 3. The van der Waals surface area contributed by atoms with Gasteiger partial charge in [-0.25, -0.2) is 4.90 Å². The number of thioether (sulfide) groups is 1. The summed E-state index contributed by atoms with van der Waals surface area (Å²) >= 11 is 1.61. The van der Waals surface area contributed by atoms with E-state index in [2.05, 4.69) is 15.5 Å². The largest absolute Gasteiger partial charge is 0.395 e. The maximum atomic E-state index is 10.5. The number of nitrogens with two attached hydrogens (primary N) is 2. The van der Waals surface area contributed by atoms with Crippen molar-refractivity contribution < 1.29 is 20.1 Å². The molecule has 0 radical (unpaired) electrons. The zero-order valence-electron chi connectivity index (χ0n) is 15.1. The zero-order chi connectivity index (χ0) is 18.8. The Morgan fingerprint density at radius 1 is 1.27 bits per heavy atom. The van der Waals surface area contributed by atoms with Crippen molar-refractivity contribution in [2.24, 2.45) is 11.5 Å².